The average Bonchev–Trinajstić information content (AvgIpc) is 2.77. The van der Waals surface area contributed by atoms with Gasteiger partial charge in [0.2, 0.25) is 5.91 Å². The zero-order valence-corrected chi connectivity index (χ0v) is 13.7. The second-order valence-electron chi connectivity index (χ2n) is 6.83. The van der Waals surface area contributed by atoms with Gasteiger partial charge in [0.25, 0.3) is 0 Å². The number of nitrogens with zero attached hydrogens (tertiary/aromatic N) is 1. The quantitative estimate of drug-likeness (QED) is 0.765. The van der Waals surface area contributed by atoms with Gasteiger partial charge in [0.15, 0.2) is 6.23 Å². The Morgan fingerprint density at radius 3 is 2.75 bits per heavy atom. The second-order valence-corrected chi connectivity index (χ2v) is 6.83. The van der Waals surface area contributed by atoms with Crippen LogP contribution < -0.4 is 4.74 Å². The standard InChI is InChI=1S/C18H20F3NO2/c1-4-7-17(11(2)3)9-15-22(16(17)23)10-12-8-13(18(19,20)21)5-6-14(12)24-15/h4-6,8,11,15H,1,7,9-10H2,2-3H3. The molecule has 0 radical (unpaired) electrons. The number of ether oxygens (including phenoxy) is 1. The smallest absolute Gasteiger partial charge is 0.416 e. The summed E-state index contributed by atoms with van der Waals surface area (Å²) in [6, 6.07) is 3.44. The predicted molar refractivity (Wildman–Crippen MR) is 83.1 cm³/mol. The van der Waals surface area contributed by atoms with E-state index in [4.69, 9.17) is 4.74 Å². The van der Waals surface area contributed by atoms with E-state index in [1.54, 1.807) is 11.0 Å². The molecule has 130 valence electrons. The summed E-state index contributed by atoms with van der Waals surface area (Å²) >= 11 is 0. The lowest BCUT2D eigenvalue weighted by molar-refractivity contribution is -0.142. The Hall–Kier alpha value is -1.98. The highest BCUT2D eigenvalue weighted by atomic mass is 19.4. The van der Waals surface area contributed by atoms with Crippen molar-refractivity contribution in [2.24, 2.45) is 11.3 Å². The molecule has 0 aromatic heterocycles. The maximum absolute atomic E-state index is 13.0. The van der Waals surface area contributed by atoms with Crippen molar-refractivity contribution in [3.63, 3.8) is 0 Å². The zero-order valence-electron chi connectivity index (χ0n) is 13.7. The number of hydrogen-bond donors (Lipinski definition) is 0. The molecule has 2 aliphatic rings. The highest BCUT2D eigenvalue weighted by Crippen LogP contribution is 2.48. The Balaban J connectivity index is 1.94. The molecular formula is C18H20F3NO2. The summed E-state index contributed by atoms with van der Waals surface area (Å²) in [6.45, 7) is 7.85. The van der Waals surface area contributed by atoms with Gasteiger partial charge in [-0.05, 0) is 30.5 Å². The number of carbonyl (C=O) groups is 1. The van der Waals surface area contributed by atoms with Crippen LogP contribution in [0.25, 0.3) is 0 Å². The third-order valence-corrected chi connectivity index (χ3v) is 5.18. The zero-order chi connectivity index (χ0) is 17.7. The number of carbonyl (C=O) groups excluding carboxylic acids is 1. The summed E-state index contributed by atoms with van der Waals surface area (Å²) in [4.78, 5) is 14.5. The normalized spacial score (nSPS) is 26.2. The molecule has 1 fully saturated rings. The van der Waals surface area contributed by atoms with E-state index in [2.05, 4.69) is 6.58 Å². The van der Waals surface area contributed by atoms with Gasteiger partial charge < -0.3 is 9.64 Å². The van der Waals surface area contributed by atoms with Crippen LogP contribution in [-0.2, 0) is 17.5 Å². The van der Waals surface area contributed by atoms with Gasteiger partial charge in [0.05, 0.1) is 17.5 Å². The molecule has 0 spiro atoms. The van der Waals surface area contributed by atoms with E-state index in [0.717, 1.165) is 12.1 Å². The predicted octanol–water partition coefficient (Wildman–Crippen LogP) is 4.37. The minimum atomic E-state index is -4.41. The maximum atomic E-state index is 13.0. The minimum Gasteiger partial charge on any atom is -0.470 e. The van der Waals surface area contributed by atoms with Gasteiger partial charge in [0.1, 0.15) is 5.75 Å². The number of rotatable bonds is 3. The van der Waals surface area contributed by atoms with Crippen LogP contribution in [0.2, 0.25) is 0 Å². The molecule has 2 unspecified atom stereocenters. The first kappa shape index (κ1) is 16.9. The van der Waals surface area contributed by atoms with Crippen molar-refractivity contribution in [2.75, 3.05) is 0 Å². The fourth-order valence-corrected chi connectivity index (χ4v) is 3.68. The fraction of sp³-hybridized carbons (Fsp3) is 0.500. The van der Waals surface area contributed by atoms with E-state index < -0.39 is 23.4 Å². The lowest BCUT2D eigenvalue weighted by Crippen LogP contribution is -2.42. The first-order valence-corrected chi connectivity index (χ1v) is 7.98. The molecule has 1 saturated heterocycles. The Labute approximate surface area is 139 Å². The minimum absolute atomic E-state index is 0.0644. The molecule has 2 atom stereocenters. The van der Waals surface area contributed by atoms with Crippen molar-refractivity contribution >= 4 is 5.91 Å². The van der Waals surface area contributed by atoms with Crippen LogP contribution in [-0.4, -0.2) is 17.0 Å². The SMILES string of the molecule is C=CCC1(C(C)C)CC2Oc3ccc(C(F)(F)F)cc3CN2C1=O. The van der Waals surface area contributed by atoms with Gasteiger partial charge in [-0.2, -0.15) is 13.2 Å². The maximum Gasteiger partial charge on any atom is 0.416 e. The topological polar surface area (TPSA) is 29.5 Å². The van der Waals surface area contributed by atoms with E-state index in [0.29, 0.717) is 24.2 Å². The molecule has 0 bridgehead atoms. The van der Waals surface area contributed by atoms with Crippen LogP contribution in [0.5, 0.6) is 5.75 Å². The third-order valence-electron chi connectivity index (χ3n) is 5.18. The number of alkyl halides is 3. The van der Waals surface area contributed by atoms with Crippen LogP contribution in [0.4, 0.5) is 13.2 Å². The van der Waals surface area contributed by atoms with E-state index in [1.807, 2.05) is 13.8 Å². The van der Waals surface area contributed by atoms with Crippen molar-refractivity contribution in [1.82, 2.24) is 4.90 Å². The van der Waals surface area contributed by atoms with Gasteiger partial charge in [0, 0.05) is 12.0 Å². The van der Waals surface area contributed by atoms with Gasteiger partial charge >= 0.3 is 6.18 Å². The molecule has 6 heteroatoms. The van der Waals surface area contributed by atoms with Gasteiger partial charge in [-0.1, -0.05) is 19.9 Å². The lowest BCUT2D eigenvalue weighted by Gasteiger charge is -2.32. The van der Waals surface area contributed by atoms with Gasteiger partial charge in [-0.25, -0.2) is 0 Å². The average molecular weight is 339 g/mol. The fourth-order valence-electron chi connectivity index (χ4n) is 3.68. The molecule has 24 heavy (non-hydrogen) atoms. The number of allylic oxidation sites excluding steroid dienone is 1. The first-order valence-electron chi connectivity index (χ1n) is 7.98. The Kier molecular flexibility index (Phi) is 3.89. The van der Waals surface area contributed by atoms with E-state index in [-0.39, 0.29) is 18.4 Å². The molecule has 1 aromatic rings. The van der Waals surface area contributed by atoms with E-state index in [1.165, 1.54) is 6.07 Å². The Morgan fingerprint density at radius 1 is 1.46 bits per heavy atom. The number of hydrogen-bond acceptors (Lipinski definition) is 2. The highest BCUT2D eigenvalue weighted by molar-refractivity contribution is 5.86. The first-order chi connectivity index (χ1) is 11.2. The molecule has 0 N–H and O–H groups in total. The van der Waals surface area contributed by atoms with Crippen LogP contribution in [0.3, 0.4) is 0 Å². The highest BCUT2D eigenvalue weighted by Gasteiger charge is 2.54. The van der Waals surface area contributed by atoms with Crippen molar-refractivity contribution in [3.05, 3.63) is 42.0 Å². The summed E-state index contributed by atoms with van der Waals surface area (Å²) < 4.78 is 44.5. The number of benzene rings is 1. The van der Waals surface area contributed by atoms with Gasteiger partial charge in [-0.15, -0.1) is 6.58 Å². The van der Waals surface area contributed by atoms with Crippen molar-refractivity contribution in [3.8, 4) is 5.75 Å². The van der Waals surface area contributed by atoms with Crippen molar-refractivity contribution in [1.29, 1.82) is 0 Å². The van der Waals surface area contributed by atoms with Crippen LogP contribution in [0, 0.1) is 11.3 Å². The number of fused-ring (bicyclic) bond motifs is 2. The van der Waals surface area contributed by atoms with E-state index >= 15 is 0 Å². The number of amides is 1. The Bertz CT molecular complexity index is 683. The molecule has 3 rings (SSSR count). The molecule has 1 aromatic carbocycles. The molecular weight excluding hydrogens is 319 g/mol. The Morgan fingerprint density at radius 2 is 2.17 bits per heavy atom. The molecule has 0 aliphatic carbocycles. The van der Waals surface area contributed by atoms with E-state index in [9.17, 15) is 18.0 Å². The summed E-state index contributed by atoms with van der Waals surface area (Å²) in [5, 5.41) is 0. The largest absolute Gasteiger partial charge is 0.470 e. The molecule has 1 amide bonds. The molecule has 0 saturated carbocycles. The van der Waals surface area contributed by atoms with Crippen LogP contribution in [0.15, 0.2) is 30.9 Å². The van der Waals surface area contributed by atoms with Crippen molar-refractivity contribution < 1.29 is 22.7 Å². The number of halogens is 3. The summed E-state index contributed by atoms with van der Waals surface area (Å²) in [5.41, 5.74) is -0.926. The lowest BCUT2D eigenvalue weighted by atomic mass is 9.73. The third kappa shape index (κ3) is 2.48. The summed E-state index contributed by atoms with van der Waals surface area (Å²) in [7, 11) is 0. The molecule has 2 aliphatic heterocycles. The molecule has 3 nitrogen and oxygen atoms in total. The monoisotopic (exact) mass is 339 g/mol. The van der Waals surface area contributed by atoms with Crippen LogP contribution >= 0.6 is 0 Å². The summed E-state index contributed by atoms with van der Waals surface area (Å²) in [6.07, 6.45) is -2.06. The second kappa shape index (κ2) is 5.53. The van der Waals surface area contributed by atoms with Gasteiger partial charge in [-0.3, -0.25) is 4.79 Å². The van der Waals surface area contributed by atoms with Crippen LogP contribution in [0.1, 0.15) is 37.8 Å². The summed E-state index contributed by atoms with van der Waals surface area (Å²) in [5.74, 6) is 0.451. The molecule has 2 heterocycles. The van der Waals surface area contributed by atoms with Crippen molar-refractivity contribution in [2.45, 2.75) is 45.6 Å².